The zero-order valence-corrected chi connectivity index (χ0v) is 13.1. The van der Waals surface area contributed by atoms with Crippen molar-refractivity contribution in [1.29, 1.82) is 0 Å². The molecule has 6 heteroatoms. The lowest BCUT2D eigenvalue weighted by molar-refractivity contribution is -0.117. The van der Waals surface area contributed by atoms with E-state index in [0.717, 1.165) is 22.1 Å². The summed E-state index contributed by atoms with van der Waals surface area (Å²) in [5.41, 5.74) is 1.03. The molecule has 1 heterocycles. The van der Waals surface area contributed by atoms with E-state index in [1.165, 1.54) is 11.3 Å². The minimum Gasteiger partial charge on any atom is -0.300 e. The van der Waals surface area contributed by atoms with Crippen molar-refractivity contribution in [1.82, 2.24) is 10.2 Å². The summed E-state index contributed by atoms with van der Waals surface area (Å²) in [4.78, 5) is 12.3. The van der Waals surface area contributed by atoms with Crippen molar-refractivity contribution in [3.63, 3.8) is 0 Å². The summed E-state index contributed by atoms with van der Waals surface area (Å²) in [7, 11) is 0. The SMILES string of the molecule is CCSc1nnc(NC(=O)[C@H](CC)c2ccccc2)s1. The fourth-order valence-electron chi connectivity index (χ4n) is 1.89. The average Bonchev–Trinajstić information content (AvgIpc) is 2.88. The number of amides is 1. The lowest BCUT2D eigenvalue weighted by atomic mass is 9.96. The summed E-state index contributed by atoms with van der Waals surface area (Å²) in [5.74, 6) is 0.773. The Morgan fingerprint density at radius 3 is 2.70 bits per heavy atom. The molecule has 0 radical (unpaired) electrons. The molecule has 0 fully saturated rings. The van der Waals surface area contributed by atoms with Gasteiger partial charge in [-0.2, -0.15) is 0 Å². The second-order valence-corrected chi connectivity index (χ2v) is 6.66. The summed E-state index contributed by atoms with van der Waals surface area (Å²) in [6, 6.07) is 9.81. The van der Waals surface area contributed by atoms with Gasteiger partial charge in [0.1, 0.15) is 0 Å². The standard InChI is InChI=1S/C14H17N3OS2/c1-3-11(10-8-6-5-7-9-10)12(18)15-13-16-17-14(20-13)19-4-2/h5-9,11H,3-4H2,1-2H3,(H,15,16,18)/t11-/m1/s1. The number of nitrogens with zero attached hydrogens (tertiary/aromatic N) is 2. The molecule has 0 unspecified atom stereocenters. The third kappa shape index (κ3) is 3.80. The van der Waals surface area contributed by atoms with Crippen molar-refractivity contribution in [2.24, 2.45) is 0 Å². The van der Waals surface area contributed by atoms with E-state index in [2.05, 4.69) is 22.4 Å². The zero-order valence-electron chi connectivity index (χ0n) is 11.5. The fraction of sp³-hybridized carbons (Fsp3) is 0.357. The van der Waals surface area contributed by atoms with Gasteiger partial charge in [0.15, 0.2) is 4.34 Å². The molecular weight excluding hydrogens is 290 g/mol. The van der Waals surface area contributed by atoms with Crippen LogP contribution in [0.5, 0.6) is 0 Å². The number of carbonyl (C=O) groups excluding carboxylic acids is 1. The van der Waals surface area contributed by atoms with Crippen LogP contribution < -0.4 is 5.32 Å². The monoisotopic (exact) mass is 307 g/mol. The lowest BCUT2D eigenvalue weighted by Crippen LogP contribution is -2.20. The van der Waals surface area contributed by atoms with Crippen molar-refractivity contribution in [2.45, 2.75) is 30.5 Å². The molecule has 2 aromatic rings. The molecule has 0 aliphatic carbocycles. The van der Waals surface area contributed by atoms with Gasteiger partial charge in [-0.15, -0.1) is 10.2 Å². The summed E-state index contributed by atoms with van der Waals surface area (Å²) in [6.07, 6.45) is 0.755. The van der Waals surface area contributed by atoms with E-state index in [1.807, 2.05) is 37.3 Å². The van der Waals surface area contributed by atoms with Crippen LogP contribution in [0.3, 0.4) is 0 Å². The van der Waals surface area contributed by atoms with Crippen LogP contribution in [0.1, 0.15) is 31.7 Å². The van der Waals surface area contributed by atoms with Crippen LogP contribution in [0.4, 0.5) is 5.13 Å². The molecule has 0 bridgehead atoms. The van der Waals surface area contributed by atoms with Crippen molar-refractivity contribution in [3.8, 4) is 0 Å². The molecule has 1 atom stereocenters. The average molecular weight is 307 g/mol. The highest BCUT2D eigenvalue weighted by Gasteiger charge is 2.19. The minimum absolute atomic E-state index is 0.0251. The van der Waals surface area contributed by atoms with Gasteiger partial charge in [0.25, 0.3) is 0 Å². The molecule has 0 saturated carbocycles. The number of hydrogen-bond acceptors (Lipinski definition) is 5. The van der Waals surface area contributed by atoms with Gasteiger partial charge in [0, 0.05) is 0 Å². The molecule has 106 valence electrons. The predicted molar refractivity (Wildman–Crippen MR) is 84.4 cm³/mol. The van der Waals surface area contributed by atoms with Crippen molar-refractivity contribution >= 4 is 34.1 Å². The summed E-state index contributed by atoms with van der Waals surface area (Å²) in [5, 5.41) is 11.5. The number of anilines is 1. The number of nitrogens with one attached hydrogen (secondary N) is 1. The number of benzene rings is 1. The molecule has 0 saturated heterocycles. The first-order chi connectivity index (χ1) is 9.74. The van der Waals surface area contributed by atoms with E-state index in [4.69, 9.17) is 0 Å². The van der Waals surface area contributed by atoms with E-state index in [0.29, 0.717) is 5.13 Å². The molecule has 20 heavy (non-hydrogen) atoms. The van der Waals surface area contributed by atoms with Crippen LogP contribution in [-0.2, 0) is 4.79 Å². The van der Waals surface area contributed by atoms with E-state index < -0.39 is 0 Å². The highest BCUT2D eigenvalue weighted by molar-refractivity contribution is 8.01. The third-order valence-corrected chi connectivity index (χ3v) is 4.69. The van der Waals surface area contributed by atoms with Crippen molar-refractivity contribution in [3.05, 3.63) is 35.9 Å². The van der Waals surface area contributed by atoms with E-state index in [1.54, 1.807) is 11.8 Å². The Kier molecular flexibility index (Phi) is 5.55. The van der Waals surface area contributed by atoms with Gasteiger partial charge in [-0.25, -0.2) is 0 Å². The van der Waals surface area contributed by atoms with E-state index in [-0.39, 0.29) is 11.8 Å². The largest absolute Gasteiger partial charge is 0.300 e. The Morgan fingerprint density at radius 2 is 2.05 bits per heavy atom. The second-order valence-electron chi connectivity index (χ2n) is 4.17. The Balaban J connectivity index is 2.05. The quantitative estimate of drug-likeness (QED) is 0.652. The first-order valence-electron chi connectivity index (χ1n) is 6.56. The van der Waals surface area contributed by atoms with E-state index >= 15 is 0 Å². The maximum atomic E-state index is 12.3. The summed E-state index contributed by atoms with van der Waals surface area (Å²) < 4.78 is 0.885. The molecule has 1 aromatic carbocycles. The Morgan fingerprint density at radius 1 is 1.30 bits per heavy atom. The van der Waals surface area contributed by atoms with Gasteiger partial charge < -0.3 is 0 Å². The molecular formula is C14H17N3OS2. The van der Waals surface area contributed by atoms with Gasteiger partial charge in [0.2, 0.25) is 11.0 Å². The van der Waals surface area contributed by atoms with Gasteiger partial charge in [-0.05, 0) is 17.7 Å². The van der Waals surface area contributed by atoms with Gasteiger partial charge >= 0.3 is 0 Å². The Hall–Kier alpha value is -1.40. The summed E-state index contributed by atoms with van der Waals surface area (Å²) in [6.45, 7) is 4.07. The molecule has 4 nitrogen and oxygen atoms in total. The molecule has 2 rings (SSSR count). The van der Waals surface area contributed by atoms with Crippen LogP contribution in [0.15, 0.2) is 34.7 Å². The topological polar surface area (TPSA) is 54.9 Å². The van der Waals surface area contributed by atoms with Crippen molar-refractivity contribution in [2.75, 3.05) is 11.1 Å². The molecule has 1 amide bonds. The highest BCUT2D eigenvalue weighted by atomic mass is 32.2. The summed E-state index contributed by atoms with van der Waals surface area (Å²) >= 11 is 3.05. The number of hydrogen-bond donors (Lipinski definition) is 1. The molecule has 1 aromatic heterocycles. The zero-order chi connectivity index (χ0) is 14.4. The maximum Gasteiger partial charge on any atom is 0.233 e. The number of rotatable bonds is 6. The molecule has 1 N–H and O–H groups in total. The second kappa shape index (κ2) is 7.40. The normalized spacial score (nSPS) is 12.1. The first kappa shape index (κ1) is 15.0. The molecule has 0 aliphatic rings. The maximum absolute atomic E-state index is 12.3. The molecule has 0 aliphatic heterocycles. The van der Waals surface area contributed by atoms with Gasteiger partial charge in [0.05, 0.1) is 5.92 Å². The number of thioether (sulfide) groups is 1. The fourth-order valence-corrected chi connectivity index (χ4v) is 3.54. The minimum atomic E-state index is -0.151. The van der Waals surface area contributed by atoms with Gasteiger partial charge in [-0.1, -0.05) is 67.3 Å². The molecule has 0 spiro atoms. The third-order valence-electron chi connectivity index (χ3n) is 2.83. The van der Waals surface area contributed by atoms with Crippen LogP contribution >= 0.6 is 23.1 Å². The Labute approximate surface area is 127 Å². The number of carbonyl (C=O) groups is 1. The smallest absolute Gasteiger partial charge is 0.233 e. The van der Waals surface area contributed by atoms with E-state index in [9.17, 15) is 4.79 Å². The van der Waals surface area contributed by atoms with Crippen LogP contribution in [0.2, 0.25) is 0 Å². The van der Waals surface area contributed by atoms with Gasteiger partial charge in [-0.3, -0.25) is 10.1 Å². The van der Waals surface area contributed by atoms with Crippen LogP contribution in [0, 0.1) is 0 Å². The van der Waals surface area contributed by atoms with Crippen LogP contribution in [-0.4, -0.2) is 21.9 Å². The number of aromatic nitrogens is 2. The van der Waals surface area contributed by atoms with Crippen molar-refractivity contribution < 1.29 is 4.79 Å². The predicted octanol–water partition coefficient (Wildman–Crippen LogP) is 3.78. The Bertz CT molecular complexity index is 557. The first-order valence-corrected chi connectivity index (χ1v) is 8.36. The highest BCUT2D eigenvalue weighted by Crippen LogP contribution is 2.27. The lowest BCUT2D eigenvalue weighted by Gasteiger charge is -2.13. The van der Waals surface area contributed by atoms with Crippen LogP contribution in [0.25, 0.3) is 0 Å².